The molecule has 0 aliphatic carbocycles. The second kappa shape index (κ2) is 4.54. The first-order chi connectivity index (χ1) is 7.07. The number of carboxylic acids is 1. The van der Waals surface area contributed by atoms with Crippen LogP contribution >= 0.6 is 0 Å². The summed E-state index contributed by atoms with van der Waals surface area (Å²) in [5.41, 5.74) is 0.0340. The van der Waals surface area contributed by atoms with Gasteiger partial charge < -0.3 is 9.84 Å². The van der Waals surface area contributed by atoms with E-state index >= 15 is 0 Å². The van der Waals surface area contributed by atoms with Crippen molar-refractivity contribution >= 4 is 11.9 Å². The molecule has 1 rings (SSSR count). The minimum Gasteiger partial charge on any atom is -0.480 e. The summed E-state index contributed by atoms with van der Waals surface area (Å²) >= 11 is 0. The summed E-state index contributed by atoms with van der Waals surface area (Å²) in [4.78, 5) is 22.0. The lowest BCUT2D eigenvalue weighted by Gasteiger charge is -2.08. The zero-order valence-electron chi connectivity index (χ0n) is 8.38. The second-order valence-corrected chi connectivity index (χ2v) is 2.80. The third-order valence-electron chi connectivity index (χ3n) is 1.78. The molecular formula is C8H11N3O4. The van der Waals surface area contributed by atoms with Gasteiger partial charge in [0, 0.05) is 0 Å². The van der Waals surface area contributed by atoms with Crippen LogP contribution in [-0.4, -0.2) is 38.6 Å². The number of esters is 1. The Morgan fingerprint density at radius 2 is 2.33 bits per heavy atom. The van der Waals surface area contributed by atoms with E-state index in [9.17, 15) is 9.59 Å². The van der Waals surface area contributed by atoms with Crippen LogP contribution in [-0.2, 0) is 9.53 Å². The first-order valence-electron chi connectivity index (χ1n) is 4.38. The molecule has 0 aromatic carbocycles. The van der Waals surface area contributed by atoms with Crippen LogP contribution in [0.1, 0.15) is 30.4 Å². The van der Waals surface area contributed by atoms with E-state index in [1.54, 1.807) is 6.92 Å². The van der Waals surface area contributed by atoms with Gasteiger partial charge in [-0.15, -0.1) is 5.10 Å². The zero-order chi connectivity index (χ0) is 11.4. The molecule has 0 radical (unpaired) electrons. The highest BCUT2D eigenvalue weighted by molar-refractivity contribution is 5.87. The molecule has 7 nitrogen and oxygen atoms in total. The molecule has 15 heavy (non-hydrogen) atoms. The highest BCUT2D eigenvalue weighted by atomic mass is 16.5. The van der Waals surface area contributed by atoms with Gasteiger partial charge in [0.25, 0.3) is 0 Å². The molecule has 0 aliphatic rings. The van der Waals surface area contributed by atoms with Crippen LogP contribution in [0.3, 0.4) is 0 Å². The minimum atomic E-state index is -1.09. The summed E-state index contributed by atoms with van der Waals surface area (Å²) in [5, 5.41) is 15.8. The third-order valence-corrected chi connectivity index (χ3v) is 1.78. The van der Waals surface area contributed by atoms with Gasteiger partial charge in [0.2, 0.25) is 0 Å². The maximum Gasteiger partial charge on any atom is 0.358 e. The maximum atomic E-state index is 11.3. The molecule has 1 N–H and O–H groups in total. The lowest BCUT2D eigenvalue weighted by Crippen LogP contribution is -2.22. The molecule has 1 unspecified atom stereocenters. The summed E-state index contributed by atoms with van der Waals surface area (Å²) in [5.74, 6) is -1.72. The number of hydrogen-bond donors (Lipinski definition) is 1. The van der Waals surface area contributed by atoms with E-state index < -0.39 is 18.0 Å². The predicted molar refractivity (Wildman–Crippen MR) is 48.3 cm³/mol. The van der Waals surface area contributed by atoms with Crippen molar-refractivity contribution in [3.8, 4) is 0 Å². The van der Waals surface area contributed by atoms with Gasteiger partial charge in [0.15, 0.2) is 5.69 Å². The lowest BCUT2D eigenvalue weighted by molar-refractivity contribution is -0.140. The monoisotopic (exact) mass is 213 g/mol. The van der Waals surface area contributed by atoms with E-state index in [4.69, 9.17) is 9.84 Å². The number of carbonyl (C=O) groups excluding carboxylic acids is 1. The second-order valence-electron chi connectivity index (χ2n) is 2.80. The van der Waals surface area contributed by atoms with Gasteiger partial charge in [-0.2, -0.15) is 0 Å². The van der Waals surface area contributed by atoms with Crippen molar-refractivity contribution in [2.75, 3.05) is 6.61 Å². The van der Waals surface area contributed by atoms with Crippen molar-refractivity contribution in [1.82, 2.24) is 15.0 Å². The first-order valence-corrected chi connectivity index (χ1v) is 4.38. The number of ether oxygens (including phenoxy) is 1. The molecule has 82 valence electrons. The Morgan fingerprint density at radius 3 is 2.87 bits per heavy atom. The average Bonchev–Trinajstić information content (AvgIpc) is 2.65. The SMILES string of the molecule is CCOC(=O)c1cnnn1C(C)C(=O)O. The van der Waals surface area contributed by atoms with Crippen LogP contribution < -0.4 is 0 Å². The molecule has 0 fully saturated rings. The normalized spacial score (nSPS) is 12.1. The Bertz CT molecular complexity index is 374. The standard InChI is InChI=1S/C8H11N3O4/c1-3-15-8(14)6-4-9-10-11(6)5(2)7(12)13/h4-5H,3H2,1-2H3,(H,12,13). The van der Waals surface area contributed by atoms with E-state index in [2.05, 4.69) is 10.3 Å². The largest absolute Gasteiger partial charge is 0.480 e. The van der Waals surface area contributed by atoms with Crippen LogP contribution in [0, 0.1) is 0 Å². The van der Waals surface area contributed by atoms with Gasteiger partial charge in [0.05, 0.1) is 12.8 Å². The van der Waals surface area contributed by atoms with Gasteiger partial charge in [-0.1, -0.05) is 5.21 Å². The summed E-state index contributed by atoms with van der Waals surface area (Å²) in [6.45, 7) is 3.28. The average molecular weight is 213 g/mol. The highest BCUT2D eigenvalue weighted by Gasteiger charge is 2.22. The fourth-order valence-corrected chi connectivity index (χ4v) is 0.985. The molecule has 0 amide bonds. The van der Waals surface area contributed by atoms with Gasteiger partial charge in [-0.05, 0) is 13.8 Å². The van der Waals surface area contributed by atoms with Crippen LogP contribution in [0.4, 0.5) is 0 Å². The van der Waals surface area contributed by atoms with Crippen LogP contribution in [0.15, 0.2) is 6.20 Å². The summed E-state index contributed by atoms with van der Waals surface area (Å²) in [6, 6.07) is -0.952. The summed E-state index contributed by atoms with van der Waals surface area (Å²) < 4.78 is 5.74. The number of rotatable bonds is 4. The maximum absolute atomic E-state index is 11.3. The van der Waals surface area contributed by atoms with Gasteiger partial charge in [-0.25, -0.2) is 14.3 Å². The zero-order valence-corrected chi connectivity index (χ0v) is 8.38. The number of aliphatic carboxylic acids is 1. The first kappa shape index (κ1) is 11.2. The van der Waals surface area contributed by atoms with Crippen molar-refractivity contribution < 1.29 is 19.4 Å². The van der Waals surface area contributed by atoms with Crippen LogP contribution in [0.25, 0.3) is 0 Å². The molecule has 7 heteroatoms. The number of nitrogens with zero attached hydrogens (tertiary/aromatic N) is 3. The summed E-state index contributed by atoms with van der Waals surface area (Å²) in [6.07, 6.45) is 1.18. The van der Waals surface area contributed by atoms with E-state index in [-0.39, 0.29) is 12.3 Å². The van der Waals surface area contributed by atoms with Gasteiger partial charge >= 0.3 is 11.9 Å². The fourth-order valence-electron chi connectivity index (χ4n) is 0.985. The van der Waals surface area contributed by atoms with Crippen molar-refractivity contribution in [1.29, 1.82) is 0 Å². The van der Waals surface area contributed by atoms with Crippen molar-refractivity contribution in [2.45, 2.75) is 19.9 Å². The molecule has 1 heterocycles. The molecule has 0 aliphatic heterocycles. The van der Waals surface area contributed by atoms with Gasteiger partial charge in [0.1, 0.15) is 6.04 Å². The highest BCUT2D eigenvalue weighted by Crippen LogP contribution is 2.08. The Labute approximate surface area is 85.6 Å². The fraction of sp³-hybridized carbons (Fsp3) is 0.500. The molecule has 1 aromatic heterocycles. The minimum absolute atomic E-state index is 0.0340. The molecular weight excluding hydrogens is 202 g/mol. The Balaban J connectivity index is 2.96. The topological polar surface area (TPSA) is 94.3 Å². The quantitative estimate of drug-likeness (QED) is 0.713. The Kier molecular flexibility index (Phi) is 3.37. The Hall–Kier alpha value is -1.92. The number of carboxylic acid groups (broad SMARTS) is 1. The molecule has 0 saturated heterocycles. The van der Waals surface area contributed by atoms with Crippen molar-refractivity contribution in [3.63, 3.8) is 0 Å². The van der Waals surface area contributed by atoms with Crippen molar-refractivity contribution in [2.24, 2.45) is 0 Å². The number of aromatic nitrogens is 3. The lowest BCUT2D eigenvalue weighted by atomic mass is 10.3. The Morgan fingerprint density at radius 1 is 1.67 bits per heavy atom. The number of carbonyl (C=O) groups is 2. The predicted octanol–water partition coefficient (Wildman–Crippen LogP) is 0.100. The van der Waals surface area contributed by atoms with E-state index in [0.29, 0.717) is 0 Å². The molecule has 1 atom stereocenters. The molecule has 0 spiro atoms. The van der Waals surface area contributed by atoms with Crippen molar-refractivity contribution in [3.05, 3.63) is 11.9 Å². The molecule has 0 saturated carbocycles. The summed E-state index contributed by atoms with van der Waals surface area (Å²) in [7, 11) is 0. The van der Waals surface area contributed by atoms with Crippen LogP contribution in [0.2, 0.25) is 0 Å². The molecule has 1 aromatic rings. The van der Waals surface area contributed by atoms with Gasteiger partial charge in [-0.3, -0.25) is 0 Å². The van der Waals surface area contributed by atoms with E-state index in [1.165, 1.54) is 13.1 Å². The number of hydrogen-bond acceptors (Lipinski definition) is 5. The third kappa shape index (κ3) is 2.30. The van der Waals surface area contributed by atoms with E-state index in [1.807, 2.05) is 0 Å². The van der Waals surface area contributed by atoms with E-state index in [0.717, 1.165) is 4.68 Å². The molecule has 0 bridgehead atoms. The smallest absolute Gasteiger partial charge is 0.358 e. The van der Waals surface area contributed by atoms with Crippen LogP contribution in [0.5, 0.6) is 0 Å².